The second kappa shape index (κ2) is 78.0. The number of rotatable bonds is 71. The second-order valence-corrected chi connectivity index (χ2v) is 41.2. The van der Waals surface area contributed by atoms with Gasteiger partial charge in [0.1, 0.15) is 0 Å². The molecule has 0 aliphatic carbocycles. The lowest BCUT2D eigenvalue weighted by Crippen LogP contribution is -2.41. The molecular formula is C105H196N10O10P2. The lowest BCUT2D eigenvalue weighted by molar-refractivity contribution is 0.0548. The molecule has 0 aliphatic heterocycles. The van der Waals surface area contributed by atoms with Crippen LogP contribution in [0.3, 0.4) is 0 Å². The van der Waals surface area contributed by atoms with Gasteiger partial charge < -0.3 is 63.7 Å². The number of hydrogen-bond donors (Lipinski definition) is 7. The van der Waals surface area contributed by atoms with Gasteiger partial charge in [-0.2, -0.15) is 0 Å². The molecule has 0 spiro atoms. The second-order valence-electron chi connectivity index (χ2n) is 36.1. The van der Waals surface area contributed by atoms with Crippen molar-refractivity contribution in [3.63, 3.8) is 0 Å². The van der Waals surface area contributed by atoms with Crippen molar-refractivity contribution in [3.8, 4) is 0 Å². The maximum absolute atomic E-state index is 15.4. The van der Waals surface area contributed by atoms with Crippen molar-refractivity contribution in [2.24, 2.45) is 0 Å². The Balaban J connectivity index is 0.000000809. The standard InChI is InChI=1S/C32H64N3OP.C21H39N3O.C18H32N2O2.C18H31NO3.C16H30NO3P/c1-7-11-15-19-24-34(25-20-16-12-8-2)37(36,28-23-32-29-30(5)33-31(32)6)35(26-21-17-13-9-3)27-22-18-14-10-4;1-5-7-9-11-15-24(16-12-10-8-6-2)21(25)22-14-13-20-17-18(3)23-19(20)4;1-4-5-6-7-8-9-10-13-22-18(21)19-12-11-17-14-15(2)20-16(17)3;1-4-5-6-7-8-9-10-12-21-18(20)22-13-11-17-14-15(2)19-16(17)3;1-5-7-10-19-21(18,20-11-8-6-2)12-9-16-13-14(3)17-15(16)4/h29,33H,7-28H2,1-6H3;17,23H,5-16H2,1-4H3,(H,22,25);14,20H,4-13H2,1-3H3,(H,19,21);14,19H,4-13H2,1-3H3;13,17H,5-12H2,1-4H3. The number of urea groups is 1. The van der Waals surface area contributed by atoms with Crippen LogP contribution in [0.15, 0.2) is 30.3 Å². The fraction of sp³-hybridized carbons (Fsp3) is 0.781. The van der Waals surface area contributed by atoms with Crippen molar-refractivity contribution >= 4 is 33.3 Å². The number of H-pyrrole nitrogens is 5. The van der Waals surface area contributed by atoms with Crippen molar-refractivity contribution < 1.29 is 46.8 Å². The van der Waals surface area contributed by atoms with Crippen molar-refractivity contribution in [2.45, 2.75) is 440 Å². The van der Waals surface area contributed by atoms with Gasteiger partial charge in [0.05, 0.1) is 39.2 Å². The van der Waals surface area contributed by atoms with Crippen molar-refractivity contribution in [2.75, 3.05) is 97.7 Å². The molecule has 5 rings (SSSR count). The van der Waals surface area contributed by atoms with Crippen molar-refractivity contribution in [3.05, 3.63) is 115 Å². The first-order chi connectivity index (χ1) is 61.3. The van der Waals surface area contributed by atoms with E-state index in [0.29, 0.717) is 52.3 Å². The highest BCUT2D eigenvalue weighted by atomic mass is 31.2. The van der Waals surface area contributed by atoms with Crippen LogP contribution in [-0.2, 0) is 64.5 Å². The van der Waals surface area contributed by atoms with Gasteiger partial charge in [-0.25, -0.2) is 23.7 Å². The quantitative estimate of drug-likeness (QED) is 0.0109. The SMILES string of the molecule is CCCCCCCCCOC(=O)NCCc1cc(C)[nH]c1C.CCCCCCCCCOC(=O)OCCc1cc(C)[nH]c1C.CCCCCCN(CCCCCC)C(=O)NCCc1cc(C)[nH]c1C.CCCCCCN(CCCCCC)P(=O)(CCc1cc(C)[nH]c1C)N(CCCCCC)CCCCCC.CCCCOP(=O)(CCc1cc(C)[nH]c1C)OCCCC. The van der Waals surface area contributed by atoms with Crippen LogP contribution in [0, 0.1) is 69.2 Å². The molecule has 0 saturated heterocycles. The molecule has 0 bridgehead atoms. The van der Waals surface area contributed by atoms with E-state index in [1.165, 1.54) is 262 Å². The Bertz CT molecular complexity index is 3400. The summed E-state index contributed by atoms with van der Waals surface area (Å²) in [5.41, 5.74) is 18.0. The number of carbonyl (C=O) groups excluding carboxylic acids is 3. The summed E-state index contributed by atoms with van der Waals surface area (Å²) in [5, 5.41) is 5.93. The first-order valence-corrected chi connectivity index (χ1v) is 55.3. The number of hydrogen-bond acceptors (Lipinski definition) is 10. The number of carbonyl (C=O) groups is 3. The van der Waals surface area contributed by atoms with E-state index in [0.717, 1.165) is 170 Å². The maximum atomic E-state index is 15.4. The predicted octanol–water partition coefficient (Wildman–Crippen LogP) is 30.4. The molecule has 7 N–H and O–H groups in total. The first-order valence-electron chi connectivity index (χ1n) is 51.7. The number of aromatic amines is 5. The normalized spacial score (nSPS) is 11.4. The summed E-state index contributed by atoms with van der Waals surface area (Å²) in [6, 6.07) is 10.9. The van der Waals surface area contributed by atoms with E-state index in [1.54, 1.807) is 0 Å². The fourth-order valence-corrected chi connectivity index (χ4v) is 21.0. The van der Waals surface area contributed by atoms with E-state index in [2.05, 4.69) is 179 Å². The average Bonchev–Trinajstić information content (AvgIpc) is 1.79. The van der Waals surface area contributed by atoms with Gasteiger partial charge in [-0.1, -0.05) is 275 Å². The van der Waals surface area contributed by atoms with Crippen LogP contribution in [0.1, 0.15) is 424 Å². The van der Waals surface area contributed by atoms with Crippen LogP contribution in [0.2, 0.25) is 0 Å². The van der Waals surface area contributed by atoms with Gasteiger partial charge in [0, 0.05) is 122 Å². The largest absolute Gasteiger partial charge is 0.508 e. The highest BCUT2D eigenvalue weighted by Gasteiger charge is 2.36. The molecule has 0 unspecified atom stereocenters. The molecule has 5 aromatic heterocycles. The Morgan fingerprint density at radius 2 is 0.559 bits per heavy atom. The van der Waals surface area contributed by atoms with Crippen LogP contribution in [0.5, 0.6) is 0 Å². The molecule has 0 radical (unpaired) electrons. The lowest BCUT2D eigenvalue weighted by atomic mass is 10.1. The summed E-state index contributed by atoms with van der Waals surface area (Å²) >= 11 is 0. The van der Waals surface area contributed by atoms with Gasteiger partial charge in [-0.15, -0.1) is 0 Å². The zero-order valence-corrected chi connectivity index (χ0v) is 87.3. The maximum Gasteiger partial charge on any atom is 0.508 e. The topological polar surface area (TPSA) is 244 Å². The summed E-state index contributed by atoms with van der Waals surface area (Å²) in [5.74, 6) is 0. The van der Waals surface area contributed by atoms with Gasteiger partial charge in [-0.3, -0.25) is 9.13 Å². The third-order valence-electron chi connectivity index (χ3n) is 23.9. The van der Waals surface area contributed by atoms with Crippen LogP contribution in [0.4, 0.5) is 14.4 Å². The zero-order chi connectivity index (χ0) is 94.0. The first kappa shape index (κ1) is 120. The van der Waals surface area contributed by atoms with Crippen molar-refractivity contribution in [1.29, 1.82) is 0 Å². The Labute approximate surface area is 778 Å². The minimum atomic E-state index is -2.97. The van der Waals surface area contributed by atoms with Crippen molar-refractivity contribution in [1.82, 2.24) is 49.8 Å². The summed E-state index contributed by atoms with van der Waals surface area (Å²) in [4.78, 5) is 54.2. The number of ether oxygens (including phenoxy) is 3. The molecule has 0 atom stereocenters. The zero-order valence-electron chi connectivity index (χ0n) is 85.5. The number of nitrogens with zero attached hydrogens (tertiary/aromatic N) is 3. The Morgan fingerprint density at radius 1 is 0.291 bits per heavy atom. The van der Waals surface area contributed by atoms with Crippen LogP contribution in [0.25, 0.3) is 0 Å². The summed E-state index contributed by atoms with van der Waals surface area (Å²) < 4.78 is 59.8. The van der Waals surface area contributed by atoms with E-state index in [-0.39, 0.29) is 12.1 Å². The molecule has 0 saturated carbocycles. The van der Waals surface area contributed by atoms with Gasteiger partial charge in [-0.05, 0) is 217 Å². The number of nitrogens with one attached hydrogen (secondary N) is 7. The number of aromatic nitrogens is 5. The van der Waals surface area contributed by atoms with E-state index < -0.39 is 21.2 Å². The third kappa shape index (κ3) is 59.6. The minimum Gasteiger partial charge on any atom is -0.450 e. The highest BCUT2D eigenvalue weighted by Crippen LogP contribution is 2.55. The highest BCUT2D eigenvalue weighted by molar-refractivity contribution is 7.59. The number of alkyl carbamates (subject to hydrolysis) is 1. The monoisotopic (exact) mass is 1820 g/mol. The van der Waals surface area contributed by atoms with E-state index in [1.807, 2.05) is 39.5 Å². The number of amides is 3. The minimum absolute atomic E-state index is 0.109. The van der Waals surface area contributed by atoms with Crippen LogP contribution < -0.4 is 10.6 Å². The number of unbranched alkanes of at least 4 members (excludes halogenated alkanes) is 32. The molecule has 5 heterocycles. The van der Waals surface area contributed by atoms with Crippen LogP contribution in [-0.4, -0.2) is 155 Å². The third-order valence-corrected chi connectivity index (χ3v) is 29.2. The van der Waals surface area contributed by atoms with E-state index in [4.69, 9.17) is 23.3 Å². The average molecular weight is 1820 g/mol. The molecule has 0 aliphatic rings. The molecule has 0 aromatic carbocycles. The molecule has 736 valence electrons. The van der Waals surface area contributed by atoms with Gasteiger partial charge in [0.15, 0.2) is 0 Å². The molecule has 5 aromatic rings. The van der Waals surface area contributed by atoms with Crippen LogP contribution >= 0.6 is 15.0 Å². The van der Waals surface area contributed by atoms with Gasteiger partial charge in [0.25, 0.3) is 0 Å². The molecule has 127 heavy (non-hydrogen) atoms. The smallest absolute Gasteiger partial charge is 0.450 e. The summed E-state index contributed by atoms with van der Waals surface area (Å²) in [6.45, 7) is 52.4. The predicted molar refractivity (Wildman–Crippen MR) is 542 cm³/mol. The summed E-state index contributed by atoms with van der Waals surface area (Å²) in [7, 11) is -5.63. The Kier molecular flexibility index (Phi) is 73.4. The van der Waals surface area contributed by atoms with Gasteiger partial charge in [0.2, 0.25) is 7.44 Å². The number of aryl methyl sites for hydroxylation is 12. The van der Waals surface area contributed by atoms with E-state index in [9.17, 15) is 18.9 Å². The molecule has 3 amide bonds. The van der Waals surface area contributed by atoms with E-state index >= 15 is 4.57 Å². The Morgan fingerprint density at radius 3 is 0.882 bits per heavy atom. The molecule has 0 fully saturated rings. The molecule has 22 heteroatoms. The lowest BCUT2D eigenvalue weighted by Gasteiger charge is -2.40. The van der Waals surface area contributed by atoms with Gasteiger partial charge >= 0.3 is 25.9 Å². The summed E-state index contributed by atoms with van der Waals surface area (Å²) in [6.07, 6.45) is 55.0. The fourth-order valence-electron chi connectivity index (χ4n) is 16.1. The molecular weight excluding hydrogens is 1620 g/mol. The Hall–Kier alpha value is -5.49. The molecule has 20 nitrogen and oxygen atoms in total.